The van der Waals surface area contributed by atoms with Crippen molar-refractivity contribution in [3.05, 3.63) is 89.4 Å². The maximum absolute atomic E-state index is 13.4. The number of carbonyl (C=O) groups excluding carboxylic acids is 2. The molecule has 2 heterocycles. The van der Waals surface area contributed by atoms with Gasteiger partial charge in [0.25, 0.3) is 5.91 Å². The molecule has 0 aliphatic carbocycles. The van der Waals surface area contributed by atoms with Crippen LogP contribution in [0.1, 0.15) is 34.2 Å². The van der Waals surface area contributed by atoms with Crippen molar-refractivity contribution >= 4 is 11.8 Å². The van der Waals surface area contributed by atoms with Gasteiger partial charge < -0.3 is 19.0 Å². The number of hydrogen-bond donors (Lipinski definition) is 0. The van der Waals surface area contributed by atoms with Gasteiger partial charge in [-0.2, -0.15) is 0 Å². The monoisotopic (exact) mass is 418 g/mol. The molecule has 2 amide bonds. The Bertz CT molecular complexity index is 1040. The van der Waals surface area contributed by atoms with Crippen LogP contribution in [-0.4, -0.2) is 41.3 Å². The van der Waals surface area contributed by atoms with Crippen LogP contribution in [0.4, 0.5) is 0 Å². The number of rotatable bonds is 6. The van der Waals surface area contributed by atoms with E-state index in [1.165, 1.54) is 6.26 Å². The molecule has 160 valence electrons. The van der Waals surface area contributed by atoms with E-state index in [0.717, 1.165) is 22.4 Å². The highest BCUT2D eigenvalue weighted by Crippen LogP contribution is 2.26. The summed E-state index contributed by atoms with van der Waals surface area (Å²) >= 11 is 0. The molecule has 1 unspecified atom stereocenters. The lowest BCUT2D eigenvalue weighted by Gasteiger charge is -2.37. The van der Waals surface area contributed by atoms with Crippen molar-refractivity contribution in [1.82, 2.24) is 9.80 Å². The number of fused-ring (bicyclic) bond motifs is 1. The fourth-order valence-corrected chi connectivity index (χ4v) is 3.96. The molecule has 0 spiro atoms. The molecular weight excluding hydrogens is 392 g/mol. The third-order valence-electron chi connectivity index (χ3n) is 5.56. The lowest BCUT2D eigenvalue weighted by molar-refractivity contribution is -0.135. The van der Waals surface area contributed by atoms with Gasteiger partial charge >= 0.3 is 0 Å². The van der Waals surface area contributed by atoms with Crippen molar-refractivity contribution in [3.63, 3.8) is 0 Å². The highest BCUT2D eigenvalue weighted by atomic mass is 16.5. The van der Waals surface area contributed by atoms with E-state index in [-0.39, 0.29) is 17.6 Å². The van der Waals surface area contributed by atoms with Crippen LogP contribution in [0.2, 0.25) is 0 Å². The van der Waals surface area contributed by atoms with Gasteiger partial charge in [0, 0.05) is 26.6 Å². The molecule has 1 aromatic heterocycles. The molecule has 1 aliphatic heterocycles. The van der Waals surface area contributed by atoms with Crippen molar-refractivity contribution in [2.75, 3.05) is 13.7 Å². The van der Waals surface area contributed by atoms with Gasteiger partial charge in [-0.1, -0.05) is 36.4 Å². The molecule has 0 N–H and O–H groups in total. The lowest BCUT2D eigenvalue weighted by atomic mass is 9.93. The minimum Gasteiger partial charge on any atom is -0.494 e. The summed E-state index contributed by atoms with van der Waals surface area (Å²) in [6, 6.07) is 18.4. The van der Waals surface area contributed by atoms with Crippen molar-refractivity contribution < 1.29 is 18.7 Å². The van der Waals surface area contributed by atoms with E-state index in [9.17, 15) is 9.59 Å². The average molecular weight is 418 g/mol. The second kappa shape index (κ2) is 9.08. The first-order valence-electron chi connectivity index (χ1n) is 10.4. The zero-order valence-electron chi connectivity index (χ0n) is 17.8. The quantitative estimate of drug-likeness (QED) is 0.609. The minimum atomic E-state index is -0.583. The normalized spacial score (nSPS) is 15.3. The Balaban J connectivity index is 1.55. The summed E-state index contributed by atoms with van der Waals surface area (Å²) in [5.41, 5.74) is 3.15. The van der Waals surface area contributed by atoms with Crippen LogP contribution >= 0.6 is 0 Å². The van der Waals surface area contributed by atoms with E-state index < -0.39 is 6.04 Å². The summed E-state index contributed by atoms with van der Waals surface area (Å²) in [5.74, 6) is 0.682. The third-order valence-corrected chi connectivity index (χ3v) is 5.56. The van der Waals surface area contributed by atoms with Crippen LogP contribution in [0.25, 0.3) is 0 Å². The van der Waals surface area contributed by atoms with E-state index in [1.54, 1.807) is 29.0 Å². The summed E-state index contributed by atoms with van der Waals surface area (Å²) in [5, 5.41) is 0. The van der Waals surface area contributed by atoms with E-state index in [0.29, 0.717) is 26.1 Å². The number of hydrogen-bond acceptors (Lipinski definition) is 4. The third kappa shape index (κ3) is 4.48. The summed E-state index contributed by atoms with van der Waals surface area (Å²) in [6.07, 6.45) is 1.95. The second-order valence-electron chi connectivity index (χ2n) is 7.67. The van der Waals surface area contributed by atoms with Gasteiger partial charge in [0.1, 0.15) is 11.8 Å². The molecule has 0 saturated heterocycles. The van der Waals surface area contributed by atoms with Crippen LogP contribution in [-0.2, 0) is 24.3 Å². The van der Waals surface area contributed by atoms with Gasteiger partial charge in [-0.15, -0.1) is 0 Å². The molecule has 1 atom stereocenters. The number of carbonyl (C=O) groups is 2. The molecule has 0 saturated carbocycles. The summed E-state index contributed by atoms with van der Waals surface area (Å²) in [4.78, 5) is 29.9. The van der Waals surface area contributed by atoms with E-state index in [4.69, 9.17) is 9.15 Å². The maximum Gasteiger partial charge on any atom is 0.290 e. The Labute approximate surface area is 182 Å². The molecule has 0 radical (unpaired) electrons. The van der Waals surface area contributed by atoms with Gasteiger partial charge in [-0.3, -0.25) is 9.59 Å². The second-order valence-corrected chi connectivity index (χ2v) is 7.67. The van der Waals surface area contributed by atoms with Crippen LogP contribution in [0.5, 0.6) is 5.75 Å². The topological polar surface area (TPSA) is 63.0 Å². The lowest BCUT2D eigenvalue weighted by Crippen LogP contribution is -2.52. The number of benzene rings is 2. The summed E-state index contributed by atoms with van der Waals surface area (Å²) < 4.78 is 10.8. The highest BCUT2D eigenvalue weighted by molar-refractivity contribution is 5.96. The Morgan fingerprint density at radius 3 is 2.48 bits per heavy atom. The van der Waals surface area contributed by atoms with Crippen molar-refractivity contribution in [3.8, 4) is 5.75 Å². The Morgan fingerprint density at radius 1 is 1.06 bits per heavy atom. The van der Waals surface area contributed by atoms with Crippen LogP contribution in [0.15, 0.2) is 71.3 Å². The Kier molecular flexibility index (Phi) is 6.07. The van der Waals surface area contributed by atoms with Crippen molar-refractivity contribution in [1.29, 1.82) is 0 Å². The molecule has 6 heteroatoms. The molecule has 0 bridgehead atoms. The highest BCUT2D eigenvalue weighted by Gasteiger charge is 2.37. The SMILES string of the molecule is CCOc1ccc(CN(C)C(=O)C2Cc3ccccc3CN2C(=O)c2ccco2)cc1. The van der Waals surface area contributed by atoms with Gasteiger partial charge in [0.05, 0.1) is 12.9 Å². The van der Waals surface area contributed by atoms with Crippen LogP contribution in [0.3, 0.4) is 0 Å². The largest absolute Gasteiger partial charge is 0.494 e. The molecule has 6 nitrogen and oxygen atoms in total. The Morgan fingerprint density at radius 2 is 1.81 bits per heavy atom. The zero-order valence-corrected chi connectivity index (χ0v) is 17.8. The van der Waals surface area contributed by atoms with Gasteiger partial charge in [0.15, 0.2) is 5.76 Å². The summed E-state index contributed by atoms with van der Waals surface area (Å²) in [7, 11) is 1.77. The predicted molar refractivity (Wildman–Crippen MR) is 117 cm³/mol. The van der Waals surface area contributed by atoms with E-state index in [2.05, 4.69) is 0 Å². The minimum absolute atomic E-state index is 0.0942. The first-order valence-corrected chi connectivity index (χ1v) is 10.4. The van der Waals surface area contributed by atoms with E-state index >= 15 is 0 Å². The molecule has 0 fully saturated rings. The molecule has 1 aliphatic rings. The average Bonchev–Trinajstić information content (AvgIpc) is 3.33. The standard InChI is InChI=1S/C25H26N2O4/c1-3-30-21-12-10-18(11-13-21)16-26(2)24(28)22-15-19-7-4-5-8-20(19)17-27(22)25(29)23-9-6-14-31-23/h4-14,22H,3,15-17H2,1-2H3. The molecular formula is C25H26N2O4. The zero-order chi connectivity index (χ0) is 21.8. The maximum atomic E-state index is 13.4. The summed E-state index contributed by atoms with van der Waals surface area (Å²) in [6.45, 7) is 3.38. The molecule has 2 aromatic carbocycles. The number of likely N-dealkylation sites (N-methyl/N-ethyl adjacent to an activating group) is 1. The van der Waals surface area contributed by atoms with Crippen molar-refractivity contribution in [2.24, 2.45) is 0 Å². The fraction of sp³-hybridized carbons (Fsp3) is 0.280. The number of ether oxygens (including phenoxy) is 1. The number of amides is 2. The van der Waals surface area contributed by atoms with E-state index in [1.807, 2.05) is 55.5 Å². The smallest absolute Gasteiger partial charge is 0.290 e. The van der Waals surface area contributed by atoms with Crippen molar-refractivity contribution in [2.45, 2.75) is 32.5 Å². The first-order chi connectivity index (χ1) is 15.1. The number of furan rings is 1. The first kappa shape index (κ1) is 20.7. The molecule has 4 rings (SSSR count). The predicted octanol–water partition coefficient (Wildman–Crippen LogP) is 3.90. The fourth-order valence-electron chi connectivity index (χ4n) is 3.96. The van der Waals surface area contributed by atoms with Gasteiger partial charge in [0.2, 0.25) is 5.91 Å². The van der Waals surface area contributed by atoms with Gasteiger partial charge in [-0.05, 0) is 47.9 Å². The van der Waals surface area contributed by atoms with Crippen LogP contribution < -0.4 is 4.74 Å². The number of nitrogens with zero attached hydrogens (tertiary/aromatic N) is 2. The Hall–Kier alpha value is -3.54. The molecule has 3 aromatic rings. The molecule has 31 heavy (non-hydrogen) atoms. The van der Waals surface area contributed by atoms with Crippen LogP contribution in [0, 0.1) is 0 Å². The van der Waals surface area contributed by atoms with Gasteiger partial charge in [-0.25, -0.2) is 0 Å².